The highest BCUT2D eigenvalue weighted by Crippen LogP contribution is 2.30. The van der Waals surface area contributed by atoms with E-state index in [1.54, 1.807) is 36.7 Å². The van der Waals surface area contributed by atoms with Crippen LogP contribution in [0.4, 0.5) is 24.8 Å². The Balaban J connectivity index is 1.51. The van der Waals surface area contributed by atoms with Crippen molar-refractivity contribution >= 4 is 28.7 Å². The first-order chi connectivity index (χ1) is 19.6. The summed E-state index contributed by atoms with van der Waals surface area (Å²) < 4.78 is 46.4. The third kappa shape index (κ3) is 6.20. The smallest absolute Gasteiger partial charge is 0.379 e. The van der Waals surface area contributed by atoms with E-state index in [1.165, 1.54) is 18.3 Å². The summed E-state index contributed by atoms with van der Waals surface area (Å²) >= 11 is 0. The molecule has 13 heteroatoms. The highest BCUT2D eigenvalue weighted by atomic mass is 19.4. The Kier molecular flexibility index (Phi) is 7.99. The number of rotatable bonds is 7. The van der Waals surface area contributed by atoms with Crippen LogP contribution in [0.25, 0.3) is 22.4 Å². The maximum Gasteiger partial charge on any atom is 0.416 e. The lowest BCUT2D eigenvalue weighted by Crippen LogP contribution is -2.39. The topological polar surface area (TPSA) is 114 Å². The largest absolute Gasteiger partial charge is 0.416 e. The lowest BCUT2D eigenvalue weighted by molar-refractivity contribution is -0.137. The van der Waals surface area contributed by atoms with Gasteiger partial charge < -0.3 is 15.4 Å². The first-order valence-corrected chi connectivity index (χ1v) is 13.0. The average Bonchev–Trinajstić information content (AvgIpc) is 2.97. The Morgan fingerprint density at radius 2 is 1.85 bits per heavy atom. The summed E-state index contributed by atoms with van der Waals surface area (Å²) in [4.78, 5) is 42.2. The van der Waals surface area contributed by atoms with Crippen LogP contribution in [0.2, 0.25) is 0 Å². The van der Waals surface area contributed by atoms with Gasteiger partial charge in [-0.2, -0.15) is 18.2 Å². The fraction of sp³-hybridized carbons (Fsp3) is 0.321. The molecule has 2 N–H and O–H groups in total. The molecule has 1 aliphatic heterocycles. The molecule has 0 aliphatic carbocycles. The van der Waals surface area contributed by atoms with Crippen molar-refractivity contribution in [1.29, 1.82) is 0 Å². The molecule has 1 fully saturated rings. The van der Waals surface area contributed by atoms with Crippen LogP contribution in [-0.4, -0.2) is 70.2 Å². The van der Waals surface area contributed by atoms with Crippen molar-refractivity contribution in [3.05, 3.63) is 75.7 Å². The number of nitrogens with one attached hydrogen (secondary N) is 2. The average molecular weight is 568 g/mol. The van der Waals surface area contributed by atoms with Gasteiger partial charge in [0.1, 0.15) is 11.2 Å². The third-order valence-corrected chi connectivity index (χ3v) is 6.86. The summed E-state index contributed by atoms with van der Waals surface area (Å²) in [5, 5.41) is 5.52. The van der Waals surface area contributed by atoms with E-state index in [1.807, 2.05) is 0 Å². The van der Waals surface area contributed by atoms with Gasteiger partial charge in [0.25, 0.3) is 11.5 Å². The number of amides is 1. The molecule has 2 aromatic carbocycles. The van der Waals surface area contributed by atoms with Crippen molar-refractivity contribution in [3.63, 3.8) is 0 Å². The number of anilines is 2. The van der Waals surface area contributed by atoms with Crippen molar-refractivity contribution in [3.8, 4) is 11.3 Å². The molecule has 3 heterocycles. The summed E-state index contributed by atoms with van der Waals surface area (Å²) in [6, 6.07) is 9.09. The van der Waals surface area contributed by atoms with E-state index in [4.69, 9.17) is 4.74 Å². The van der Waals surface area contributed by atoms with Crippen molar-refractivity contribution in [2.24, 2.45) is 0 Å². The first-order valence-electron chi connectivity index (χ1n) is 13.0. The lowest BCUT2D eigenvalue weighted by atomic mass is 10.0. The van der Waals surface area contributed by atoms with Gasteiger partial charge >= 0.3 is 6.18 Å². The van der Waals surface area contributed by atoms with Gasteiger partial charge in [0.2, 0.25) is 5.95 Å². The molecule has 0 atom stereocenters. The van der Waals surface area contributed by atoms with E-state index < -0.39 is 17.6 Å². The number of halogens is 3. The molecule has 5 rings (SSSR count). The number of aromatic nitrogens is 4. The number of hydrogen-bond donors (Lipinski definition) is 2. The Labute approximate surface area is 233 Å². The molecule has 0 spiro atoms. The number of hydrogen-bond acceptors (Lipinski definition) is 8. The van der Waals surface area contributed by atoms with Crippen LogP contribution in [-0.2, 0) is 17.5 Å². The number of nitrogens with zero attached hydrogens (tertiary/aromatic N) is 5. The highest BCUT2D eigenvalue weighted by molar-refractivity contribution is 6.04. The molecule has 4 aromatic rings. The summed E-state index contributed by atoms with van der Waals surface area (Å²) in [7, 11) is 1.68. The van der Waals surface area contributed by atoms with Crippen LogP contribution in [0.3, 0.4) is 0 Å². The predicted octanol–water partition coefficient (Wildman–Crippen LogP) is 3.81. The minimum absolute atomic E-state index is 0.145. The van der Waals surface area contributed by atoms with E-state index in [0.29, 0.717) is 54.7 Å². The van der Waals surface area contributed by atoms with E-state index in [0.717, 1.165) is 30.8 Å². The lowest BCUT2D eigenvalue weighted by Gasteiger charge is -2.26. The molecule has 1 amide bonds. The van der Waals surface area contributed by atoms with Crippen LogP contribution in [0.5, 0.6) is 0 Å². The maximum absolute atomic E-state index is 13.9. The molecule has 0 unspecified atom stereocenters. The second kappa shape index (κ2) is 11.6. The summed E-state index contributed by atoms with van der Waals surface area (Å²) in [6.07, 6.45) is -3.04. The number of morpholine rings is 1. The Bertz CT molecular complexity index is 1650. The number of carbonyl (C=O) groups excluding carboxylic acids is 1. The second-order valence-electron chi connectivity index (χ2n) is 9.59. The van der Waals surface area contributed by atoms with Crippen LogP contribution in [0, 0.1) is 6.92 Å². The number of fused-ring (bicyclic) bond motifs is 1. The van der Waals surface area contributed by atoms with E-state index >= 15 is 0 Å². The van der Waals surface area contributed by atoms with Crippen molar-refractivity contribution < 1.29 is 22.7 Å². The molecule has 2 aromatic heterocycles. The first kappa shape index (κ1) is 28.2. The van der Waals surface area contributed by atoms with Gasteiger partial charge in [-0.3, -0.25) is 19.1 Å². The third-order valence-electron chi connectivity index (χ3n) is 6.86. The highest BCUT2D eigenvalue weighted by Gasteiger charge is 2.31. The van der Waals surface area contributed by atoms with Crippen LogP contribution < -0.4 is 16.2 Å². The van der Waals surface area contributed by atoms with E-state index in [9.17, 15) is 22.8 Å². The van der Waals surface area contributed by atoms with Gasteiger partial charge in [0, 0.05) is 50.0 Å². The molecule has 1 aliphatic rings. The fourth-order valence-corrected chi connectivity index (χ4v) is 4.60. The van der Waals surface area contributed by atoms with E-state index in [2.05, 4.69) is 30.5 Å². The Morgan fingerprint density at radius 1 is 1.07 bits per heavy atom. The van der Waals surface area contributed by atoms with Crippen LogP contribution >= 0.6 is 0 Å². The number of alkyl halides is 3. The van der Waals surface area contributed by atoms with Gasteiger partial charge in [0.05, 0.1) is 25.0 Å². The Hall–Kier alpha value is -4.36. The number of carbonyl (C=O) groups is 1. The minimum Gasteiger partial charge on any atom is -0.379 e. The zero-order chi connectivity index (χ0) is 29.1. The maximum atomic E-state index is 13.9. The predicted molar refractivity (Wildman–Crippen MR) is 148 cm³/mol. The molecular weight excluding hydrogens is 539 g/mol. The monoisotopic (exact) mass is 567 g/mol. The van der Waals surface area contributed by atoms with Crippen molar-refractivity contribution in [2.45, 2.75) is 19.6 Å². The van der Waals surface area contributed by atoms with Gasteiger partial charge in [-0.15, -0.1) is 0 Å². The summed E-state index contributed by atoms with van der Waals surface area (Å²) in [5.41, 5.74) is 1.01. The number of benzene rings is 2. The SMILES string of the molecule is CNc1ncc2nc(-c3cc(NC(=O)c4cccc(C(F)(F)F)c4)ccc3C)c(=O)n(CCN3CCOCC3)c2n1. The zero-order valence-electron chi connectivity index (χ0n) is 22.5. The Morgan fingerprint density at radius 3 is 2.59 bits per heavy atom. The quantitative estimate of drug-likeness (QED) is 0.347. The molecule has 41 heavy (non-hydrogen) atoms. The second-order valence-corrected chi connectivity index (χ2v) is 9.59. The van der Waals surface area contributed by atoms with Gasteiger partial charge in [-0.05, 0) is 42.8 Å². The molecular formula is C28H28F3N7O3. The zero-order valence-corrected chi connectivity index (χ0v) is 22.5. The van der Waals surface area contributed by atoms with Crippen LogP contribution in [0.1, 0.15) is 21.5 Å². The standard InChI is InChI=1S/C28H28F3N7O3/c1-17-6-7-20(34-25(39)18-4-3-5-19(14-18)28(29,30)31)15-21(17)23-26(40)38(9-8-37-10-12-41-13-11-37)24-22(35-23)16-33-27(32-2)36-24/h3-7,14-16H,8-13H2,1-2H3,(H,34,39)(H,32,33,36). The number of ether oxygens (including phenoxy) is 1. The van der Waals surface area contributed by atoms with Crippen molar-refractivity contribution in [1.82, 2.24) is 24.4 Å². The summed E-state index contributed by atoms with van der Waals surface area (Å²) in [6.45, 7) is 5.53. The summed E-state index contributed by atoms with van der Waals surface area (Å²) in [5.74, 6) is -0.365. The minimum atomic E-state index is -4.57. The normalized spacial score (nSPS) is 14.3. The molecule has 0 radical (unpaired) electrons. The van der Waals surface area contributed by atoms with E-state index in [-0.39, 0.29) is 16.8 Å². The fourth-order valence-electron chi connectivity index (χ4n) is 4.60. The molecule has 0 bridgehead atoms. The van der Waals surface area contributed by atoms with Crippen molar-refractivity contribution in [2.75, 3.05) is 50.5 Å². The number of aryl methyl sites for hydroxylation is 1. The van der Waals surface area contributed by atoms with Crippen LogP contribution in [0.15, 0.2) is 53.5 Å². The molecule has 214 valence electrons. The molecule has 10 nitrogen and oxygen atoms in total. The molecule has 0 saturated carbocycles. The van der Waals surface area contributed by atoms with Gasteiger partial charge in [-0.1, -0.05) is 12.1 Å². The van der Waals surface area contributed by atoms with Gasteiger partial charge in [-0.25, -0.2) is 9.97 Å². The molecule has 1 saturated heterocycles. The van der Waals surface area contributed by atoms with Gasteiger partial charge in [0.15, 0.2) is 5.65 Å².